The van der Waals surface area contributed by atoms with Gasteiger partial charge >= 0.3 is 5.97 Å². The van der Waals surface area contributed by atoms with E-state index < -0.39 is 5.97 Å². The van der Waals surface area contributed by atoms with Crippen molar-refractivity contribution in [2.75, 3.05) is 19.7 Å². The minimum Gasteiger partial charge on any atom is -0.481 e. The number of aryl methyl sites for hydroxylation is 1. The number of piperidine rings is 1. The summed E-state index contributed by atoms with van der Waals surface area (Å²) in [4.78, 5) is 24.3. The third-order valence-electron chi connectivity index (χ3n) is 3.35. The van der Waals surface area contributed by atoms with Gasteiger partial charge in [-0.15, -0.1) is 0 Å². The van der Waals surface area contributed by atoms with Crippen LogP contribution in [-0.2, 0) is 9.53 Å². The van der Waals surface area contributed by atoms with Gasteiger partial charge in [0.05, 0.1) is 19.1 Å². The Balaban J connectivity index is 1.76. The quantitative estimate of drug-likeness (QED) is 0.888. The number of furan rings is 1. The topological polar surface area (TPSA) is 80.0 Å². The molecule has 1 aliphatic heterocycles. The first-order chi connectivity index (χ1) is 9.56. The minimum absolute atomic E-state index is 0.0187. The second-order valence-corrected chi connectivity index (χ2v) is 4.92. The van der Waals surface area contributed by atoms with Crippen LogP contribution in [-0.4, -0.2) is 47.7 Å². The molecule has 2 rings (SSSR count). The van der Waals surface area contributed by atoms with Gasteiger partial charge in [-0.05, 0) is 31.9 Å². The van der Waals surface area contributed by atoms with Crippen LogP contribution in [0.5, 0.6) is 0 Å². The summed E-state index contributed by atoms with van der Waals surface area (Å²) in [7, 11) is 0. The minimum atomic E-state index is -0.856. The highest BCUT2D eigenvalue weighted by Gasteiger charge is 2.25. The van der Waals surface area contributed by atoms with Crippen molar-refractivity contribution in [2.24, 2.45) is 0 Å². The summed E-state index contributed by atoms with van der Waals surface area (Å²) < 4.78 is 10.8. The molecule has 6 heteroatoms. The van der Waals surface area contributed by atoms with Gasteiger partial charge in [-0.1, -0.05) is 0 Å². The van der Waals surface area contributed by atoms with Gasteiger partial charge < -0.3 is 19.2 Å². The fourth-order valence-electron chi connectivity index (χ4n) is 2.24. The number of carbonyl (C=O) groups is 2. The summed E-state index contributed by atoms with van der Waals surface area (Å²) in [5.41, 5.74) is 0. The van der Waals surface area contributed by atoms with Crippen LogP contribution in [0.1, 0.15) is 35.6 Å². The molecule has 1 amide bonds. The van der Waals surface area contributed by atoms with Crippen LogP contribution in [0, 0.1) is 6.92 Å². The van der Waals surface area contributed by atoms with E-state index in [0.717, 1.165) is 18.6 Å². The Labute approximate surface area is 117 Å². The highest BCUT2D eigenvalue weighted by molar-refractivity contribution is 5.91. The normalized spacial score (nSPS) is 16.4. The van der Waals surface area contributed by atoms with Gasteiger partial charge in [-0.25, -0.2) is 0 Å². The molecule has 20 heavy (non-hydrogen) atoms. The number of rotatable bonds is 5. The maximum atomic E-state index is 12.1. The maximum absolute atomic E-state index is 12.1. The highest BCUT2D eigenvalue weighted by Crippen LogP contribution is 2.17. The molecule has 2 heterocycles. The smallest absolute Gasteiger partial charge is 0.305 e. The number of nitrogens with zero attached hydrogens (tertiary/aromatic N) is 1. The van der Waals surface area contributed by atoms with E-state index in [9.17, 15) is 9.59 Å². The van der Waals surface area contributed by atoms with Crippen molar-refractivity contribution in [3.8, 4) is 0 Å². The van der Waals surface area contributed by atoms with E-state index in [2.05, 4.69) is 0 Å². The number of hydrogen-bond donors (Lipinski definition) is 1. The van der Waals surface area contributed by atoms with Crippen LogP contribution < -0.4 is 0 Å². The van der Waals surface area contributed by atoms with E-state index in [1.807, 2.05) is 0 Å². The zero-order valence-corrected chi connectivity index (χ0v) is 11.5. The van der Waals surface area contributed by atoms with Crippen LogP contribution in [0.2, 0.25) is 0 Å². The first kappa shape index (κ1) is 14.6. The van der Waals surface area contributed by atoms with Crippen molar-refractivity contribution in [3.05, 3.63) is 23.7 Å². The number of carboxylic acid groups (broad SMARTS) is 1. The highest BCUT2D eigenvalue weighted by atomic mass is 16.5. The van der Waals surface area contributed by atoms with Crippen LogP contribution in [0.3, 0.4) is 0 Å². The Bertz CT molecular complexity index is 474. The molecule has 1 aromatic heterocycles. The molecule has 1 aromatic rings. The van der Waals surface area contributed by atoms with E-state index in [-0.39, 0.29) is 25.0 Å². The predicted molar refractivity (Wildman–Crippen MR) is 70.6 cm³/mol. The standard InChI is InChI=1S/C14H19NO5/c1-10-2-3-12(20-10)14(18)15-7-4-11(5-8-15)19-9-6-13(16)17/h2-3,11H,4-9H2,1H3,(H,16,17). The molecule has 1 aliphatic rings. The number of likely N-dealkylation sites (tertiary alicyclic amines) is 1. The van der Waals surface area contributed by atoms with Crippen molar-refractivity contribution in [2.45, 2.75) is 32.3 Å². The van der Waals surface area contributed by atoms with Crippen molar-refractivity contribution >= 4 is 11.9 Å². The molecule has 6 nitrogen and oxygen atoms in total. The van der Waals surface area contributed by atoms with Crippen molar-refractivity contribution < 1.29 is 23.8 Å². The number of aliphatic carboxylic acids is 1. The first-order valence-electron chi connectivity index (χ1n) is 6.75. The molecule has 0 unspecified atom stereocenters. The number of ether oxygens (including phenoxy) is 1. The average molecular weight is 281 g/mol. The average Bonchev–Trinajstić information content (AvgIpc) is 2.85. The van der Waals surface area contributed by atoms with Crippen LogP contribution in [0.4, 0.5) is 0 Å². The summed E-state index contributed by atoms with van der Waals surface area (Å²) in [6.07, 6.45) is 1.51. The predicted octanol–water partition coefficient (Wildman–Crippen LogP) is 1.68. The van der Waals surface area contributed by atoms with E-state index in [1.54, 1.807) is 24.0 Å². The van der Waals surface area contributed by atoms with Gasteiger partial charge in [-0.3, -0.25) is 9.59 Å². The number of carboxylic acids is 1. The summed E-state index contributed by atoms with van der Waals surface area (Å²) in [6.45, 7) is 3.25. The Kier molecular flexibility index (Phi) is 4.79. The molecule has 1 N–H and O–H groups in total. The number of hydrogen-bond acceptors (Lipinski definition) is 4. The van der Waals surface area contributed by atoms with Crippen molar-refractivity contribution in [1.82, 2.24) is 4.90 Å². The van der Waals surface area contributed by atoms with Gasteiger partial charge in [-0.2, -0.15) is 0 Å². The lowest BCUT2D eigenvalue weighted by molar-refractivity contribution is -0.138. The largest absolute Gasteiger partial charge is 0.481 e. The van der Waals surface area contributed by atoms with Crippen molar-refractivity contribution in [3.63, 3.8) is 0 Å². The molecular weight excluding hydrogens is 262 g/mol. The zero-order valence-electron chi connectivity index (χ0n) is 11.5. The third-order valence-corrected chi connectivity index (χ3v) is 3.35. The van der Waals surface area contributed by atoms with Gasteiger partial charge in [0.25, 0.3) is 5.91 Å². The fourth-order valence-corrected chi connectivity index (χ4v) is 2.24. The first-order valence-corrected chi connectivity index (χ1v) is 6.75. The lowest BCUT2D eigenvalue weighted by Gasteiger charge is -2.31. The van der Waals surface area contributed by atoms with Gasteiger partial charge in [0.1, 0.15) is 5.76 Å². The third kappa shape index (κ3) is 3.84. The molecule has 110 valence electrons. The lowest BCUT2D eigenvalue weighted by Crippen LogP contribution is -2.40. The van der Waals surface area contributed by atoms with Gasteiger partial charge in [0.2, 0.25) is 0 Å². The Morgan fingerprint density at radius 1 is 1.40 bits per heavy atom. The molecule has 0 saturated carbocycles. The zero-order chi connectivity index (χ0) is 14.5. The summed E-state index contributed by atoms with van der Waals surface area (Å²) in [5, 5.41) is 8.54. The van der Waals surface area contributed by atoms with Gasteiger partial charge in [0, 0.05) is 13.1 Å². The SMILES string of the molecule is Cc1ccc(C(=O)N2CCC(OCCC(=O)O)CC2)o1. The number of amides is 1. The molecular formula is C14H19NO5. The van der Waals surface area contributed by atoms with E-state index in [1.165, 1.54) is 0 Å². The molecule has 1 saturated heterocycles. The second kappa shape index (κ2) is 6.56. The van der Waals surface area contributed by atoms with Gasteiger partial charge in [0.15, 0.2) is 5.76 Å². The number of carbonyl (C=O) groups excluding carboxylic acids is 1. The van der Waals surface area contributed by atoms with E-state index in [4.69, 9.17) is 14.3 Å². The maximum Gasteiger partial charge on any atom is 0.305 e. The molecule has 1 fully saturated rings. The molecule has 0 bridgehead atoms. The lowest BCUT2D eigenvalue weighted by atomic mass is 10.1. The fraction of sp³-hybridized carbons (Fsp3) is 0.571. The van der Waals surface area contributed by atoms with E-state index >= 15 is 0 Å². The van der Waals surface area contributed by atoms with Crippen LogP contribution >= 0.6 is 0 Å². The summed E-state index contributed by atoms with van der Waals surface area (Å²) >= 11 is 0. The molecule has 0 radical (unpaired) electrons. The van der Waals surface area contributed by atoms with Crippen LogP contribution in [0.15, 0.2) is 16.5 Å². The monoisotopic (exact) mass is 281 g/mol. The summed E-state index contributed by atoms with van der Waals surface area (Å²) in [6, 6.07) is 3.46. The molecule has 0 spiro atoms. The summed E-state index contributed by atoms with van der Waals surface area (Å²) in [5.74, 6) is 0.140. The Hall–Kier alpha value is -1.82. The molecule has 0 aliphatic carbocycles. The Morgan fingerprint density at radius 2 is 2.10 bits per heavy atom. The molecule has 0 atom stereocenters. The van der Waals surface area contributed by atoms with E-state index in [0.29, 0.717) is 18.8 Å². The Morgan fingerprint density at radius 3 is 2.65 bits per heavy atom. The second-order valence-electron chi connectivity index (χ2n) is 4.92. The molecule has 0 aromatic carbocycles. The van der Waals surface area contributed by atoms with Crippen LogP contribution in [0.25, 0.3) is 0 Å². The van der Waals surface area contributed by atoms with Crippen molar-refractivity contribution in [1.29, 1.82) is 0 Å².